The Morgan fingerprint density at radius 1 is 0.708 bits per heavy atom. The number of likely N-dealkylation sites (N-methyl/N-ethyl adjacent to an activating group) is 1. The van der Waals surface area contributed by atoms with Crippen molar-refractivity contribution in [2.24, 2.45) is 0 Å². The summed E-state index contributed by atoms with van der Waals surface area (Å²) in [5, 5.41) is 9.20. The third-order valence-electron chi connectivity index (χ3n) is 11.8. The van der Waals surface area contributed by atoms with E-state index in [1.165, 1.54) is 48.1 Å². The van der Waals surface area contributed by atoms with Gasteiger partial charge in [0.25, 0.3) is 0 Å². The van der Waals surface area contributed by atoms with Crippen molar-refractivity contribution in [1.82, 2.24) is 4.90 Å². The van der Waals surface area contributed by atoms with E-state index in [4.69, 9.17) is 14.2 Å². The molecule has 11 heteroatoms. The number of carboxylic acids is 1. The molecule has 5 aromatic carbocycles. The van der Waals surface area contributed by atoms with Crippen LogP contribution in [0.2, 0.25) is 0 Å². The van der Waals surface area contributed by atoms with E-state index in [9.17, 15) is 32.7 Å². The van der Waals surface area contributed by atoms with E-state index in [2.05, 4.69) is 57.7 Å². The number of ether oxygens (including phenoxy) is 3. The van der Waals surface area contributed by atoms with Crippen LogP contribution in [-0.4, -0.2) is 49.1 Å². The second-order valence-corrected chi connectivity index (χ2v) is 17.7. The largest absolute Gasteiger partial charge is 0.489 e. The lowest BCUT2D eigenvalue weighted by Gasteiger charge is -2.42. The van der Waals surface area contributed by atoms with E-state index in [1.807, 2.05) is 48.5 Å². The van der Waals surface area contributed by atoms with Crippen LogP contribution in [0.3, 0.4) is 0 Å². The number of amides is 1. The maximum atomic E-state index is 12.8. The lowest BCUT2D eigenvalue weighted by Crippen LogP contribution is -2.33. The van der Waals surface area contributed by atoms with E-state index in [-0.39, 0.29) is 41.5 Å². The minimum atomic E-state index is -4.35. The van der Waals surface area contributed by atoms with Gasteiger partial charge in [-0.25, -0.2) is 0 Å². The Bertz CT molecular complexity index is 2480. The van der Waals surface area contributed by atoms with Crippen molar-refractivity contribution < 1.29 is 46.9 Å². The summed E-state index contributed by atoms with van der Waals surface area (Å²) in [6.45, 7) is 11.7. The highest BCUT2D eigenvalue weighted by atomic mass is 19.4. The molecule has 1 aliphatic carbocycles. The Hall–Kier alpha value is -6.54. The predicted molar refractivity (Wildman–Crippen MR) is 247 cm³/mol. The molecular formula is C54H58F3NO7. The van der Waals surface area contributed by atoms with Gasteiger partial charge in [0.15, 0.2) is 0 Å². The van der Waals surface area contributed by atoms with Crippen LogP contribution >= 0.6 is 0 Å². The van der Waals surface area contributed by atoms with Crippen molar-refractivity contribution >= 4 is 17.8 Å². The first kappa shape index (κ1) is 49.5. The molecule has 5 aromatic rings. The van der Waals surface area contributed by atoms with Gasteiger partial charge in [-0.15, -0.1) is 5.92 Å². The topological polar surface area (TPSA) is 102 Å². The average molecular weight is 890 g/mol. The number of nitrogens with zero attached hydrogens (tertiary/aromatic N) is 1. The number of methoxy groups -OCH3 is 1. The number of carboxylic acid groups (broad SMARTS) is 1. The van der Waals surface area contributed by atoms with Crippen molar-refractivity contribution in [3.63, 3.8) is 0 Å². The standard InChI is InChI=1S/C27H23F3O3.C27H35NO4/c1-3-5-22(17-26(31)32-2)21-10-14-25(15-11-21)33-18-19-6-4-7-23(16-19)20-8-12-24(13-9-20)27(28,29)30;1-26(2)13-14-27(3,4)23-15-18(7-12-22(23)26)17-32-20-10-8-19(9-11-20)21(16-24(29)30)25(31)28(5)6/h4,6-16,22H,17-18H2,1-2H3;7-12,15,21H,13-14,16-17H2,1-6H3,(H,29,30)/t22-;21-/m11/s1. The first-order chi connectivity index (χ1) is 30.7. The van der Waals surface area contributed by atoms with Gasteiger partial charge in [-0.2, -0.15) is 13.2 Å². The summed E-state index contributed by atoms with van der Waals surface area (Å²) in [5.74, 6) is 4.71. The zero-order valence-corrected chi connectivity index (χ0v) is 38.3. The van der Waals surface area contributed by atoms with Crippen LogP contribution in [-0.2, 0) is 49.3 Å². The number of rotatable bonds is 14. The SMILES string of the molecule is CC#C[C@H](CC(=O)OC)c1ccc(OCc2cccc(-c3ccc(C(F)(F)F)cc3)c2)cc1.CN(C)C(=O)[C@H](CC(=O)O)c1ccc(OCc2ccc3c(c2)C(C)(C)CCC3(C)C)cc1. The summed E-state index contributed by atoms with van der Waals surface area (Å²) < 4.78 is 55.0. The molecule has 0 saturated heterocycles. The third-order valence-corrected chi connectivity index (χ3v) is 11.8. The summed E-state index contributed by atoms with van der Waals surface area (Å²) in [6, 6.07) is 33.8. The average Bonchev–Trinajstić information content (AvgIpc) is 3.28. The van der Waals surface area contributed by atoms with E-state index >= 15 is 0 Å². The maximum absolute atomic E-state index is 12.8. The highest BCUT2D eigenvalue weighted by molar-refractivity contribution is 5.87. The molecule has 6 rings (SSSR count). The van der Waals surface area contributed by atoms with Gasteiger partial charge in [0, 0.05) is 14.1 Å². The van der Waals surface area contributed by atoms with Crippen LogP contribution in [0.25, 0.3) is 11.1 Å². The molecule has 1 N–H and O–H groups in total. The molecule has 0 heterocycles. The highest BCUT2D eigenvalue weighted by Gasteiger charge is 2.37. The first-order valence-electron chi connectivity index (χ1n) is 21.5. The van der Waals surface area contributed by atoms with Gasteiger partial charge in [0.1, 0.15) is 24.7 Å². The van der Waals surface area contributed by atoms with Gasteiger partial charge in [0.2, 0.25) is 5.91 Å². The number of fused-ring (bicyclic) bond motifs is 1. The Balaban J connectivity index is 0.000000244. The molecular weight excluding hydrogens is 832 g/mol. The Morgan fingerprint density at radius 3 is 1.78 bits per heavy atom. The normalized spacial score (nSPS) is 14.4. The molecule has 0 aromatic heterocycles. The van der Waals surface area contributed by atoms with Gasteiger partial charge in [0.05, 0.1) is 37.4 Å². The predicted octanol–water partition coefficient (Wildman–Crippen LogP) is 11.9. The first-order valence-corrected chi connectivity index (χ1v) is 21.5. The van der Waals surface area contributed by atoms with Crippen molar-refractivity contribution in [2.45, 2.75) is 102 Å². The summed E-state index contributed by atoms with van der Waals surface area (Å²) >= 11 is 0. The van der Waals surface area contributed by atoms with E-state index in [0.29, 0.717) is 35.8 Å². The molecule has 342 valence electrons. The number of hydrogen-bond acceptors (Lipinski definition) is 6. The summed E-state index contributed by atoms with van der Waals surface area (Å²) in [5.41, 5.74) is 7.60. The van der Waals surface area contributed by atoms with Crippen molar-refractivity contribution in [3.8, 4) is 34.5 Å². The maximum Gasteiger partial charge on any atom is 0.416 e. The van der Waals surface area contributed by atoms with Gasteiger partial charge < -0.3 is 24.2 Å². The van der Waals surface area contributed by atoms with E-state index < -0.39 is 23.6 Å². The van der Waals surface area contributed by atoms with Crippen LogP contribution in [0.4, 0.5) is 13.2 Å². The fraction of sp³-hybridized carbons (Fsp3) is 0.352. The second-order valence-electron chi connectivity index (χ2n) is 17.7. The minimum absolute atomic E-state index is 0.153. The van der Waals surface area contributed by atoms with Crippen LogP contribution in [0.15, 0.2) is 115 Å². The Morgan fingerprint density at radius 2 is 1.26 bits per heavy atom. The molecule has 2 atom stereocenters. The molecule has 0 saturated carbocycles. The van der Waals surface area contributed by atoms with Crippen molar-refractivity contribution in [3.05, 3.63) is 154 Å². The third kappa shape index (κ3) is 13.5. The number of alkyl halides is 3. The molecule has 0 aliphatic heterocycles. The van der Waals surface area contributed by atoms with Crippen molar-refractivity contribution in [1.29, 1.82) is 0 Å². The number of carbonyl (C=O) groups is 3. The molecule has 8 nitrogen and oxygen atoms in total. The number of halogens is 3. The van der Waals surface area contributed by atoms with Crippen LogP contribution in [0.1, 0.15) is 111 Å². The molecule has 0 fully saturated rings. The van der Waals surface area contributed by atoms with Gasteiger partial charge >= 0.3 is 18.1 Å². The van der Waals surface area contributed by atoms with Crippen LogP contribution in [0.5, 0.6) is 11.5 Å². The highest BCUT2D eigenvalue weighted by Crippen LogP contribution is 2.46. The zero-order chi connectivity index (χ0) is 47.5. The summed E-state index contributed by atoms with van der Waals surface area (Å²) in [7, 11) is 4.62. The Labute approximate surface area is 380 Å². The fourth-order valence-electron chi connectivity index (χ4n) is 7.85. The Kier molecular flexibility index (Phi) is 16.3. The van der Waals surface area contributed by atoms with E-state index in [1.54, 1.807) is 45.3 Å². The quantitative estimate of drug-likeness (QED) is 0.0875. The number of carbonyl (C=O) groups excluding carboxylic acids is 2. The molecule has 1 amide bonds. The second kappa shape index (κ2) is 21.4. The number of hydrogen-bond donors (Lipinski definition) is 1. The molecule has 65 heavy (non-hydrogen) atoms. The lowest BCUT2D eigenvalue weighted by atomic mass is 9.63. The summed E-state index contributed by atoms with van der Waals surface area (Å²) in [4.78, 5) is 36.7. The van der Waals surface area contributed by atoms with Gasteiger partial charge in [-0.05, 0) is 118 Å². The number of benzene rings is 5. The molecule has 0 unspecified atom stereocenters. The fourth-order valence-corrected chi connectivity index (χ4v) is 7.85. The molecule has 0 radical (unpaired) electrons. The van der Waals surface area contributed by atoms with Crippen LogP contribution in [0, 0.1) is 11.8 Å². The number of aliphatic carboxylic acids is 1. The van der Waals surface area contributed by atoms with Crippen molar-refractivity contribution in [2.75, 3.05) is 21.2 Å². The van der Waals surface area contributed by atoms with Gasteiger partial charge in [-0.3, -0.25) is 14.4 Å². The number of esters is 1. The molecule has 0 bridgehead atoms. The van der Waals surface area contributed by atoms with Gasteiger partial charge in [-0.1, -0.05) is 106 Å². The van der Waals surface area contributed by atoms with Crippen LogP contribution < -0.4 is 9.47 Å². The zero-order valence-electron chi connectivity index (χ0n) is 38.3. The monoisotopic (exact) mass is 889 g/mol. The lowest BCUT2D eigenvalue weighted by molar-refractivity contribution is -0.141. The smallest absolute Gasteiger partial charge is 0.416 e. The summed E-state index contributed by atoms with van der Waals surface area (Å²) in [6.07, 6.45) is -2.06. The minimum Gasteiger partial charge on any atom is -0.489 e. The van der Waals surface area contributed by atoms with E-state index in [0.717, 1.165) is 34.4 Å². The molecule has 1 aliphatic rings. The molecule has 0 spiro atoms.